The van der Waals surface area contributed by atoms with Crippen molar-refractivity contribution < 1.29 is 4.79 Å². The van der Waals surface area contributed by atoms with Crippen LogP contribution in [0.1, 0.15) is 29.8 Å². The average molecular weight is 343 g/mol. The van der Waals surface area contributed by atoms with E-state index in [9.17, 15) is 4.79 Å². The van der Waals surface area contributed by atoms with Gasteiger partial charge in [0.25, 0.3) is 5.91 Å². The summed E-state index contributed by atoms with van der Waals surface area (Å²) in [5.41, 5.74) is 1.98. The quantitative estimate of drug-likeness (QED) is 0.839. The van der Waals surface area contributed by atoms with Crippen molar-refractivity contribution >= 4 is 17.5 Å². The number of carbonyl (C=O) groups is 1. The number of piperazine rings is 1. The topological polar surface area (TPSA) is 23.6 Å². The molecule has 3 nitrogen and oxygen atoms in total. The van der Waals surface area contributed by atoms with E-state index in [1.807, 2.05) is 23.1 Å². The lowest BCUT2D eigenvalue weighted by Crippen LogP contribution is -2.57. The highest BCUT2D eigenvalue weighted by molar-refractivity contribution is 6.30. The molecule has 3 rings (SSSR count). The van der Waals surface area contributed by atoms with Crippen LogP contribution in [-0.2, 0) is 6.54 Å². The molecule has 1 aliphatic heterocycles. The zero-order valence-corrected chi connectivity index (χ0v) is 14.9. The van der Waals surface area contributed by atoms with Crippen LogP contribution in [0.4, 0.5) is 0 Å². The van der Waals surface area contributed by atoms with Crippen LogP contribution in [0.15, 0.2) is 54.6 Å². The van der Waals surface area contributed by atoms with Crippen LogP contribution in [0.5, 0.6) is 0 Å². The van der Waals surface area contributed by atoms with Crippen LogP contribution >= 0.6 is 11.6 Å². The summed E-state index contributed by atoms with van der Waals surface area (Å²) in [4.78, 5) is 17.2. The first-order valence-electron chi connectivity index (χ1n) is 8.39. The smallest absolute Gasteiger partial charge is 0.254 e. The fraction of sp³-hybridized carbons (Fsp3) is 0.350. The second-order valence-electron chi connectivity index (χ2n) is 6.58. The number of carbonyl (C=O) groups excluding carboxylic acids is 1. The lowest BCUT2D eigenvalue weighted by atomic mass is 10.0. The van der Waals surface area contributed by atoms with Gasteiger partial charge in [0.1, 0.15) is 0 Å². The fourth-order valence-corrected chi connectivity index (χ4v) is 3.62. The van der Waals surface area contributed by atoms with Crippen molar-refractivity contribution in [2.45, 2.75) is 32.5 Å². The first-order chi connectivity index (χ1) is 11.5. The number of hydrogen-bond donors (Lipinski definition) is 0. The van der Waals surface area contributed by atoms with Crippen molar-refractivity contribution in [1.29, 1.82) is 0 Å². The zero-order chi connectivity index (χ0) is 17.1. The second-order valence-corrected chi connectivity index (χ2v) is 7.01. The van der Waals surface area contributed by atoms with Gasteiger partial charge in [0.15, 0.2) is 0 Å². The second kappa shape index (κ2) is 7.37. The lowest BCUT2D eigenvalue weighted by molar-refractivity contribution is 0.0270. The summed E-state index contributed by atoms with van der Waals surface area (Å²) < 4.78 is 0. The molecule has 0 N–H and O–H groups in total. The predicted octanol–water partition coefficient (Wildman–Crippen LogP) is 4.08. The molecule has 2 atom stereocenters. The molecule has 0 radical (unpaired) electrons. The minimum absolute atomic E-state index is 0.0653. The van der Waals surface area contributed by atoms with Gasteiger partial charge in [0, 0.05) is 42.3 Å². The third-order valence-electron chi connectivity index (χ3n) is 4.67. The monoisotopic (exact) mass is 342 g/mol. The van der Waals surface area contributed by atoms with Gasteiger partial charge in [0.2, 0.25) is 0 Å². The average Bonchev–Trinajstić information content (AvgIpc) is 2.58. The molecule has 2 aromatic rings. The number of amides is 1. The fourth-order valence-electron chi connectivity index (χ4n) is 3.43. The molecule has 24 heavy (non-hydrogen) atoms. The first-order valence-corrected chi connectivity index (χ1v) is 8.77. The van der Waals surface area contributed by atoms with Crippen LogP contribution in [0.2, 0.25) is 5.02 Å². The predicted molar refractivity (Wildman–Crippen MR) is 98.3 cm³/mol. The van der Waals surface area contributed by atoms with Crippen molar-refractivity contribution in [2.75, 3.05) is 13.1 Å². The highest BCUT2D eigenvalue weighted by Gasteiger charge is 2.32. The van der Waals surface area contributed by atoms with E-state index < -0.39 is 0 Å². The highest BCUT2D eigenvalue weighted by atomic mass is 35.5. The minimum atomic E-state index is 0.0653. The molecule has 4 heteroatoms. The molecule has 0 aromatic heterocycles. The van der Waals surface area contributed by atoms with Gasteiger partial charge >= 0.3 is 0 Å². The molecule has 1 fully saturated rings. The van der Waals surface area contributed by atoms with Crippen molar-refractivity contribution in [3.8, 4) is 0 Å². The first kappa shape index (κ1) is 17.0. The molecule has 126 valence electrons. The molecular weight excluding hydrogens is 320 g/mol. The molecule has 2 aromatic carbocycles. The molecule has 1 heterocycles. The summed E-state index contributed by atoms with van der Waals surface area (Å²) in [6, 6.07) is 18.3. The summed E-state index contributed by atoms with van der Waals surface area (Å²) in [6.45, 7) is 6.78. The molecular formula is C20H23ClN2O. The van der Waals surface area contributed by atoms with Gasteiger partial charge in [-0.3, -0.25) is 9.69 Å². The molecule has 1 amide bonds. The number of benzene rings is 2. The Morgan fingerprint density at radius 3 is 2.33 bits per heavy atom. The maximum absolute atomic E-state index is 12.8. The summed E-state index contributed by atoms with van der Waals surface area (Å²) in [5.74, 6) is 0.0653. The van der Waals surface area contributed by atoms with Gasteiger partial charge < -0.3 is 4.90 Å². The van der Waals surface area contributed by atoms with Gasteiger partial charge in [-0.1, -0.05) is 48.0 Å². The van der Waals surface area contributed by atoms with Gasteiger partial charge in [0.05, 0.1) is 0 Å². The third-order valence-corrected chi connectivity index (χ3v) is 4.90. The molecule has 1 aliphatic rings. The number of rotatable bonds is 3. The van der Waals surface area contributed by atoms with E-state index in [0.29, 0.717) is 22.7 Å². The van der Waals surface area contributed by atoms with E-state index in [1.165, 1.54) is 5.56 Å². The Labute approximate surface area is 148 Å². The van der Waals surface area contributed by atoms with E-state index in [-0.39, 0.29) is 5.91 Å². The molecule has 0 bridgehead atoms. The SMILES string of the molecule is CC1CN(C(=O)c2cccc(Cl)c2)CC(C)N1Cc1ccccc1. The Balaban J connectivity index is 1.70. The molecule has 0 aliphatic carbocycles. The number of hydrogen-bond acceptors (Lipinski definition) is 2. The molecule has 0 saturated carbocycles. The third kappa shape index (κ3) is 3.80. The largest absolute Gasteiger partial charge is 0.336 e. The number of halogens is 1. The summed E-state index contributed by atoms with van der Waals surface area (Å²) >= 11 is 6.02. The Bertz CT molecular complexity index is 692. The van der Waals surface area contributed by atoms with Crippen molar-refractivity contribution in [3.05, 3.63) is 70.7 Å². The maximum atomic E-state index is 12.8. The van der Waals surface area contributed by atoms with Gasteiger partial charge in [-0.05, 0) is 37.6 Å². The maximum Gasteiger partial charge on any atom is 0.254 e. The van der Waals surface area contributed by atoms with Crippen molar-refractivity contribution in [3.63, 3.8) is 0 Å². The van der Waals surface area contributed by atoms with Crippen molar-refractivity contribution in [2.24, 2.45) is 0 Å². The van der Waals surface area contributed by atoms with E-state index >= 15 is 0 Å². The van der Waals surface area contributed by atoms with E-state index in [1.54, 1.807) is 12.1 Å². The summed E-state index contributed by atoms with van der Waals surface area (Å²) in [6.07, 6.45) is 0. The van der Waals surface area contributed by atoms with Crippen molar-refractivity contribution in [1.82, 2.24) is 9.80 Å². The van der Waals surface area contributed by atoms with E-state index in [0.717, 1.165) is 19.6 Å². The minimum Gasteiger partial charge on any atom is -0.336 e. The highest BCUT2D eigenvalue weighted by Crippen LogP contribution is 2.21. The zero-order valence-electron chi connectivity index (χ0n) is 14.2. The Morgan fingerprint density at radius 1 is 1.04 bits per heavy atom. The molecule has 0 spiro atoms. The lowest BCUT2D eigenvalue weighted by Gasteiger charge is -2.44. The van der Waals surface area contributed by atoms with Gasteiger partial charge in [-0.25, -0.2) is 0 Å². The van der Waals surface area contributed by atoms with Crippen LogP contribution in [0.3, 0.4) is 0 Å². The summed E-state index contributed by atoms with van der Waals surface area (Å²) in [5, 5.41) is 0.602. The van der Waals surface area contributed by atoms with Gasteiger partial charge in [-0.2, -0.15) is 0 Å². The summed E-state index contributed by atoms with van der Waals surface area (Å²) in [7, 11) is 0. The Morgan fingerprint density at radius 2 is 1.71 bits per heavy atom. The number of nitrogens with zero attached hydrogens (tertiary/aromatic N) is 2. The van der Waals surface area contributed by atoms with Crippen LogP contribution in [0.25, 0.3) is 0 Å². The molecule has 2 unspecified atom stereocenters. The van der Waals surface area contributed by atoms with Crippen LogP contribution in [0, 0.1) is 0 Å². The van der Waals surface area contributed by atoms with Crippen LogP contribution in [-0.4, -0.2) is 40.9 Å². The standard InChI is InChI=1S/C20H23ClN2O/c1-15-12-22(20(24)18-9-6-10-19(21)11-18)13-16(2)23(15)14-17-7-4-3-5-8-17/h3-11,15-16H,12-14H2,1-2H3. The molecule has 1 saturated heterocycles. The van der Waals surface area contributed by atoms with E-state index in [4.69, 9.17) is 11.6 Å². The Hall–Kier alpha value is -1.84. The normalized spacial score (nSPS) is 21.7. The Kier molecular flexibility index (Phi) is 5.22. The van der Waals surface area contributed by atoms with E-state index in [2.05, 4.69) is 43.0 Å². The van der Waals surface area contributed by atoms with Crippen LogP contribution < -0.4 is 0 Å². The van der Waals surface area contributed by atoms with Gasteiger partial charge in [-0.15, -0.1) is 0 Å².